The number of hydrogen-bond acceptors (Lipinski definition) is 3. The predicted molar refractivity (Wildman–Crippen MR) is 93.1 cm³/mol. The SMILES string of the molecule is O=C1C(c2ccccc2)=C(N2CCCC2)C(=O)N1c1cccc(F)c1. The maximum Gasteiger partial charge on any atom is 0.282 e. The molecule has 2 amide bonds. The Hall–Kier alpha value is -2.95. The van der Waals surface area contributed by atoms with Gasteiger partial charge >= 0.3 is 0 Å². The van der Waals surface area contributed by atoms with E-state index in [0.717, 1.165) is 30.8 Å². The van der Waals surface area contributed by atoms with Crippen LogP contribution in [0.25, 0.3) is 5.57 Å². The number of likely N-dealkylation sites (tertiary alicyclic amines) is 1. The van der Waals surface area contributed by atoms with Gasteiger partial charge in [-0.05, 0) is 36.6 Å². The second-order valence-electron chi connectivity index (χ2n) is 6.21. The predicted octanol–water partition coefficient (Wildman–Crippen LogP) is 3.21. The number of halogens is 1. The third-order valence-electron chi connectivity index (χ3n) is 4.61. The first-order chi connectivity index (χ1) is 12.2. The van der Waals surface area contributed by atoms with Crippen LogP contribution in [0.3, 0.4) is 0 Å². The molecule has 0 aliphatic carbocycles. The molecule has 0 N–H and O–H groups in total. The number of anilines is 1. The standard InChI is InChI=1S/C20H17FN2O2/c21-15-9-6-10-16(13-15)23-19(24)17(14-7-2-1-3-8-14)18(20(23)25)22-11-4-5-12-22/h1-3,6-10,13H,4-5,11-12H2. The number of amides is 2. The Kier molecular flexibility index (Phi) is 3.84. The average molecular weight is 336 g/mol. The molecule has 126 valence electrons. The lowest BCUT2D eigenvalue weighted by molar-refractivity contribution is -0.120. The van der Waals surface area contributed by atoms with Crippen LogP contribution in [-0.4, -0.2) is 29.8 Å². The number of carbonyl (C=O) groups excluding carboxylic acids is 2. The second-order valence-corrected chi connectivity index (χ2v) is 6.21. The Bertz CT molecular complexity index is 870. The lowest BCUT2D eigenvalue weighted by Gasteiger charge is -2.20. The lowest BCUT2D eigenvalue weighted by atomic mass is 10.0. The summed E-state index contributed by atoms with van der Waals surface area (Å²) in [6, 6.07) is 14.8. The van der Waals surface area contributed by atoms with E-state index in [9.17, 15) is 14.0 Å². The van der Waals surface area contributed by atoms with Crippen molar-refractivity contribution in [3.05, 3.63) is 71.7 Å². The normalized spacial score (nSPS) is 17.8. The van der Waals surface area contributed by atoms with E-state index in [4.69, 9.17) is 0 Å². The zero-order chi connectivity index (χ0) is 17.4. The first-order valence-corrected chi connectivity index (χ1v) is 8.36. The van der Waals surface area contributed by atoms with Gasteiger partial charge in [-0.1, -0.05) is 36.4 Å². The molecular formula is C20H17FN2O2. The monoisotopic (exact) mass is 336 g/mol. The van der Waals surface area contributed by atoms with Crippen molar-refractivity contribution in [1.29, 1.82) is 0 Å². The molecule has 1 saturated heterocycles. The van der Waals surface area contributed by atoms with Crippen LogP contribution in [0.4, 0.5) is 10.1 Å². The fraction of sp³-hybridized carbons (Fsp3) is 0.200. The van der Waals surface area contributed by atoms with Crippen LogP contribution < -0.4 is 4.90 Å². The van der Waals surface area contributed by atoms with E-state index in [1.165, 1.54) is 18.2 Å². The lowest BCUT2D eigenvalue weighted by Crippen LogP contribution is -2.34. The first kappa shape index (κ1) is 15.6. The minimum atomic E-state index is -0.478. The van der Waals surface area contributed by atoms with Gasteiger partial charge in [-0.3, -0.25) is 9.59 Å². The third kappa shape index (κ3) is 2.61. The fourth-order valence-electron chi connectivity index (χ4n) is 3.47. The summed E-state index contributed by atoms with van der Waals surface area (Å²) in [5.41, 5.74) is 1.80. The molecule has 0 bridgehead atoms. The molecule has 0 radical (unpaired) electrons. The van der Waals surface area contributed by atoms with E-state index >= 15 is 0 Å². The van der Waals surface area contributed by atoms with Crippen LogP contribution in [0.1, 0.15) is 18.4 Å². The van der Waals surface area contributed by atoms with Gasteiger partial charge in [-0.15, -0.1) is 0 Å². The molecule has 0 atom stereocenters. The number of nitrogens with zero attached hydrogens (tertiary/aromatic N) is 2. The van der Waals surface area contributed by atoms with Crippen LogP contribution in [-0.2, 0) is 9.59 Å². The van der Waals surface area contributed by atoms with Gasteiger partial charge in [0.05, 0.1) is 11.3 Å². The van der Waals surface area contributed by atoms with Crippen molar-refractivity contribution < 1.29 is 14.0 Å². The van der Waals surface area contributed by atoms with Gasteiger partial charge in [-0.25, -0.2) is 9.29 Å². The Morgan fingerprint density at radius 1 is 0.840 bits per heavy atom. The van der Waals surface area contributed by atoms with Crippen molar-refractivity contribution in [2.45, 2.75) is 12.8 Å². The molecule has 0 spiro atoms. The summed E-state index contributed by atoms with van der Waals surface area (Å²) in [4.78, 5) is 29.2. The largest absolute Gasteiger partial charge is 0.366 e. The summed E-state index contributed by atoms with van der Waals surface area (Å²) in [7, 11) is 0. The molecule has 2 heterocycles. The molecule has 0 unspecified atom stereocenters. The minimum absolute atomic E-state index is 0.262. The third-order valence-corrected chi connectivity index (χ3v) is 4.61. The fourth-order valence-corrected chi connectivity index (χ4v) is 3.47. The van der Waals surface area contributed by atoms with Crippen molar-refractivity contribution in [2.24, 2.45) is 0 Å². The average Bonchev–Trinajstić information content (AvgIpc) is 3.22. The number of hydrogen-bond donors (Lipinski definition) is 0. The van der Waals surface area contributed by atoms with E-state index < -0.39 is 11.7 Å². The Morgan fingerprint density at radius 3 is 2.24 bits per heavy atom. The summed E-state index contributed by atoms with van der Waals surface area (Å²) < 4.78 is 13.6. The topological polar surface area (TPSA) is 40.6 Å². The molecule has 1 fully saturated rings. The quantitative estimate of drug-likeness (QED) is 0.808. The highest BCUT2D eigenvalue weighted by atomic mass is 19.1. The number of rotatable bonds is 3. The highest BCUT2D eigenvalue weighted by Crippen LogP contribution is 2.36. The zero-order valence-corrected chi connectivity index (χ0v) is 13.6. The van der Waals surface area contributed by atoms with Gasteiger partial charge < -0.3 is 4.90 Å². The van der Waals surface area contributed by atoms with Crippen molar-refractivity contribution in [1.82, 2.24) is 4.90 Å². The van der Waals surface area contributed by atoms with Crippen molar-refractivity contribution >= 4 is 23.1 Å². The number of carbonyl (C=O) groups is 2. The van der Waals surface area contributed by atoms with Gasteiger partial charge in [0.1, 0.15) is 11.5 Å². The summed E-state index contributed by atoms with van der Waals surface area (Å²) >= 11 is 0. The molecule has 25 heavy (non-hydrogen) atoms. The van der Waals surface area contributed by atoms with E-state index in [2.05, 4.69) is 0 Å². The molecular weight excluding hydrogens is 319 g/mol. The summed E-state index contributed by atoms with van der Waals surface area (Å²) in [5.74, 6) is -1.26. The van der Waals surface area contributed by atoms with Gasteiger partial charge in [0.15, 0.2) is 0 Å². The molecule has 0 saturated carbocycles. The smallest absolute Gasteiger partial charge is 0.282 e. The van der Waals surface area contributed by atoms with Crippen LogP contribution in [0.2, 0.25) is 0 Å². The number of imide groups is 1. The van der Waals surface area contributed by atoms with Crippen molar-refractivity contribution in [3.8, 4) is 0 Å². The van der Waals surface area contributed by atoms with Crippen LogP contribution in [0.5, 0.6) is 0 Å². The molecule has 4 rings (SSSR count). The van der Waals surface area contributed by atoms with Crippen LogP contribution in [0.15, 0.2) is 60.3 Å². The molecule has 2 aromatic rings. The van der Waals surface area contributed by atoms with E-state index in [1.54, 1.807) is 6.07 Å². The summed E-state index contributed by atoms with van der Waals surface area (Å²) in [6.45, 7) is 1.50. The van der Waals surface area contributed by atoms with Gasteiger partial charge in [-0.2, -0.15) is 0 Å². The van der Waals surface area contributed by atoms with Crippen molar-refractivity contribution in [3.63, 3.8) is 0 Å². The van der Waals surface area contributed by atoms with Crippen molar-refractivity contribution in [2.75, 3.05) is 18.0 Å². The van der Waals surface area contributed by atoms with Gasteiger partial charge in [0.2, 0.25) is 0 Å². The zero-order valence-electron chi connectivity index (χ0n) is 13.6. The highest BCUT2D eigenvalue weighted by Gasteiger charge is 2.42. The Balaban J connectivity index is 1.84. The minimum Gasteiger partial charge on any atom is -0.366 e. The second kappa shape index (κ2) is 6.16. The maximum atomic E-state index is 13.6. The van der Waals surface area contributed by atoms with E-state index in [0.29, 0.717) is 16.8 Å². The molecule has 2 aliphatic rings. The van der Waals surface area contributed by atoms with E-state index in [1.807, 2.05) is 35.2 Å². The maximum absolute atomic E-state index is 13.6. The molecule has 2 aromatic carbocycles. The highest BCUT2D eigenvalue weighted by molar-refractivity contribution is 6.45. The molecule has 5 heteroatoms. The Labute approximate surface area is 145 Å². The molecule has 2 aliphatic heterocycles. The number of benzene rings is 2. The summed E-state index contributed by atoms with van der Waals surface area (Å²) in [6.07, 6.45) is 1.99. The Morgan fingerprint density at radius 2 is 1.56 bits per heavy atom. The van der Waals surface area contributed by atoms with Gasteiger partial charge in [0.25, 0.3) is 11.8 Å². The molecule has 0 aromatic heterocycles. The van der Waals surface area contributed by atoms with Crippen LogP contribution in [0, 0.1) is 5.82 Å². The van der Waals surface area contributed by atoms with E-state index in [-0.39, 0.29) is 11.6 Å². The summed E-state index contributed by atoms with van der Waals surface area (Å²) in [5, 5.41) is 0. The van der Waals surface area contributed by atoms with Crippen LogP contribution >= 0.6 is 0 Å². The van der Waals surface area contributed by atoms with Gasteiger partial charge in [0, 0.05) is 13.1 Å². The molecule has 4 nitrogen and oxygen atoms in total. The first-order valence-electron chi connectivity index (χ1n) is 8.36.